The molecule has 1 aromatic rings. The van der Waals surface area contributed by atoms with E-state index in [0.717, 1.165) is 11.1 Å². The predicted molar refractivity (Wildman–Crippen MR) is 70.7 cm³/mol. The molecule has 0 radical (unpaired) electrons. The molecule has 1 aromatic heterocycles. The molecule has 0 unspecified atom stereocenters. The third-order valence-electron chi connectivity index (χ3n) is 1.77. The molecule has 1 heterocycles. The number of anilines is 1. The van der Waals surface area contributed by atoms with Crippen molar-refractivity contribution >= 4 is 11.7 Å². The van der Waals surface area contributed by atoms with Crippen LogP contribution in [0.2, 0.25) is 0 Å². The molecule has 0 aromatic carbocycles. The Morgan fingerprint density at radius 3 is 2.12 bits per heavy atom. The minimum atomic E-state index is -0.0869. The highest BCUT2D eigenvalue weighted by Gasteiger charge is 2.02. The van der Waals surface area contributed by atoms with E-state index < -0.39 is 0 Å². The Kier molecular flexibility index (Phi) is 10.8. The Morgan fingerprint density at radius 1 is 1.19 bits per heavy atom. The number of carbonyl (C=O) groups is 1. The predicted octanol–water partition coefficient (Wildman–Crippen LogP) is 3.71. The highest BCUT2D eigenvalue weighted by Crippen LogP contribution is 2.13. The fourth-order valence-electron chi connectivity index (χ4n) is 0.925. The van der Waals surface area contributed by atoms with Gasteiger partial charge in [0.1, 0.15) is 5.82 Å². The smallest absolute Gasteiger partial charge is 0.222 e. The Morgan fingerprint density at radius 2 is 1.69 bits per heavy atom. The summed E-state index contributed by atoms with van der Waals surface area (Å²) in [4.78, 5) is 14.8. The molecule has 1 N–H and O–H groups in total. The van der Waals surface area contributed by atoms with Crippen LogP contribution in [0.4, 0.5) is 5.82 Å². The number of nitrogens with zero attached hydrogens (tertiary/aromatic N) is 1. The Labute approximate surface area is 99.3 Å². The number of nitrogens with one attached hydrogen (secondary N) is 1. The van der Waals surface area contributed by atoms with E-state index in [1.165, 1.54) is 6.92 Å². The summed E-state index contributed by atoms with van der Waals surface area (Å²) < 4.78 is 0. The third kappa shape index (κ3) is 6.17. The van der Waals surface area contributed by atoms with Crippen molar-refractivity contribution in [3.05, 3.63) is 23.4 Å². The van der Waals surface area contributed by atoms with Gasteiger partial charge in [-0.1, -0.05) is 27.7 Å². The van der Waals surface area contributed by atoms with Crippen LogP contribution in [-0.2, 0) is 4.79 Å². The summed E-state index contributed by atoms with van der Waals surface area (Å²) in [5.41, 5.74) is 2.15. The molecule has 0 fully saturated rings. The van der Waals surface area contributed by atoms with Gasteiger partial charge < -0.3 is 5.32 Å². The van der Waals surface area contributed by atoms with Crippen molar-refractivity contribution in [1.29, 1.82) is 0 Å². The second-order valence-corrected chi connectivity index (χ2v) is 2.78. The summed E-state index contributed by atoms with van der Waals surface area (Å²) in [5.74, 6) is 0.568. The molecular weight excluding hydrogens is 200 g/mol. The molecule has 3 heteroatoms. The van der Waals surface area contributed by atoms with Gasteiger partial charge in [-0.2, -0.15) is 0 Å². The van der Waals surface area contributed by atoms with Crippen molar-refractivity contribution in [3.63, 3.8) is 0 Å². The van der Waals surface area contributed by atoms with E-state index in [1.807, 2.05) is 47.6 Å². The maximum Gasteiger partial charge on any atom is 0.222 e. The Balaban J connectivity index is 0. The molecule has 0 saturated heterocycles. The zero-order chi connectivity index (χ0) is 13.1. The second-order valence-electron chi connectivity index (χ2n) is 2.78. The van der Waals surface area contributed by atoms with Crippen molar-refractivity contribution in [1.82, 2.24) is 4.98 Å². The molecule has 0 aliphatic heterocycles. The van der Waals surface area contributed by atoms with Gasteiger partial charge in [0.15, 0.2) is 0 Å². The summed E-state index contributed by atoms with van der Waals surface area (Å²) >= 11 is 0. The number of pyridine rings is 1. The van der Waals surface area contributed by atoms with Crippen LogP contribution in [0, 0.1) is 13.8 Å². The van der Waals surface area contributed by atoms with Crippen LogP contribution in [-0.4, -0.2) is 10.9 Å². The van der Waals surface area contributed by atoms with Crippen molar-refractivity contribution < 1.29 is 4.79 Å². The highest BCUT2D eigenvalue weighted by molar-refractivity contribution is 5.88. The van der Waals surface area contributed by atoms with Gasteiger partial charge in [0.2, 0.25) is 5.91 Å². The molecule has 1 amide bonds. The molecule has 1 rings (SSSR count). The largest absolute Gasteiger partial charge is 0.311 e. The van der Waals surface area contributed by atoms with Crippen molar-refractivity contribution in [2.45, 2.75) is 48.5 Å². The second kappa shape index (κ2) is 10.1. The fourth-order valence-corrected chi connectivity index (χ4v) is 0.925. The lowest BCUT2D eigenvalue weighted by molar-refractivity contribution is -0.114. The van der Waals surface area contributed by atoms with Gasteiger partial charge in [-0.15, -0.1) is 0 Å². The topological polar surface area (TPSA) is 42.0 Å². The first kappa shape index (κ1) is 17.0. The molecular formula is C13H24N2O. The van der Waals surface area contributed by atoms with Crippen LogP contribution in [0.3, 0.4) is 0 Å². The first-order valence-electron chi connectivity index (χ1n) is 5.81. The number of aromatic nitrogens is 1. The van der Waals surface area contributed by atoms with Crippen LogP contribution >= 0.6 is 0 Å². The lowest BCUT2D eigenvalue weighted by Crippen LogP contribution is -2.09. The highest BCUT2D eigenvalue weighted by atomic mass is 16.1. The summed E-state index contributed by atoms with van der Waals surface area (Å²) in [7, 11) is 0. The average Bonchev–Trinajstić information content (AvgIpc) is 2.30. The summed E-state index contributed by atoms with van der Waals surface area (Å²) in [6.07, 6.45) is 1.69. The maximum atomic E-state index is 10.7. The summed E-state index contributed by atoms with van der Waals surface area (Å²) in [5, 5.41) is 2.66. The van der Waals surface area contributed by atoms with Crippen LogP contribution in [0.5, 0.6) is 0 Å². The van der Waals surface area contributed by atoms with Gasteiger partial charge in [-0.3, -0.25) is 4.79 Å². The van der Waals surface area contributed by atoms with E-state index in [-0.39, 0.29) is 5.91 Å². The van der Waals surface area contributed by atoms with E-state index in [0.29, 0.717) is 5.82 Å². The first-order chi connectivity index (χ1) is 7.61. The Bertz CT molecular complexity index is 309. The van der Waals surface area contributed by atoms with Gasteiger partial charge in [-0.05, 0) is 31.0 Å². The van der Waals surface area contributed by atoms with Gasteiger partial charge in [0.25, 0.3) is 0 Å². The molecule has 3 nitrogen and oxygen atoms in total. The van der Waals surface area contributed by atoms with Gasteiger partial charge in [0, 0.05) is 13.1 Å². The molecule has 92 valence electrons. The first-order valence-corrected chi connectivity index (χ1v) is 5.81. The molecule has 16 heavy (non-hydrogen) atoms. The van der Waals surface area contributed by atoms with E-state index in [1.54, 1.807) is 6.20 Å². The fraction of sp³-hybridized carbons (Fsp3) is 0.538. The molecule has 0 bridgehead atoms. The number of amides is 1. The SMILES string of the molecule is CC.CC.CC(=O)Nc1nccc(C)c1C. The third-order valence-corrected chi connectivity index (χ3v) is 1.77. The van der Waals surface area contributed by atoms with E-state index >= 15 is 0 Å². The van der Waals surface area contributed by atoms with Gasteiger partial charge in [0.05, 0.1) is 0 Å². The van der Waals surface area contributed by atoms with E-state index in [4.69, 9.17) is 0 Å². The minimum Gasteiger partial charge on any atom is -0.311 e. The molecule has 0 spiro atoms. The normalized spacial score (nSPS) is 7.94. The standard InChI is InChI=1S/C9H12N2O.2C2H6/c1-6-4-5-10-9(7(6)2)11-8(3)12;2*1-2/h4-5H,1-3H3,(H,10,11,12);2*1-2H3. The van der Waals surface area contributed by atoms with Crippen molar-refractivity contribution in [3.8, 4) is 0 Å². The van der Waals surface area contributed by atoms with Crippen molar-refractivity contribution in [2.75, 3.05) is 5.32 Å². The molecule has 0 saturated carbocycles. The lowest BCUT2D eigenvalue weighted by Gasteiger charge is -2.06. The minimum absolute atomic E-state index is 0.0869. The molecule has 0 atom stereocenters. The van der Waals surface area contributed by atoms with Crippen LogP contribution < -0.4 is 5.32 Å². The number of aryl methyl sites for hydroxylation is 1. The zero-order valence-corrected chi connectivity index (χ0v) is 11.5. The van der Waals surface area contributed by atoms with Gasteiger partial charge in [-0.25, -0.2) is 4.98 Å². The van der Waals surface area contributed by atoms with Crippen LogP contribution in [0.1, 0.15) is 45.7 Å². The maximum absolute atomic E-state index is 10.7. The zero-order valence-electron chi connectivity index (χ0n) is 11.5. The number of hydrogen-bond donors (Lipinski definition) is 1. The quantitative estimate of drug-likeness (QED) is 0.790. The van der Waals surface area contributed by atoms with Gasteiger partial charge >= 0.3 is 0 Å². The molecule has 0 aliphatic carbocycles. The summed E-state index contributed by atoms with van der Waals surface area (Å²) in [6.45, 7) is 13.4. The number of hydrogen-bond acceptors (Lipinski definition) is 2. The monoisotopic (exact) mass is 224 g/mol. The molecule has 0 aliphatic rings. The lowest BCUT2D eigenvalue weighted by atomic mass is 10.2. The summed E-state index contributed by atoms with van der Waals surface area (Å²) in [6, 6.07) is 1.92. The van der Waals surface area contributed by atoms with E-state index in [9.17, 15) is 4.79 Å². The number of carbonyl (C=O) groups excluding carboxylic acids is 1. The van der Waals surface area contributed by atoms with Crippen molar-refractivity contribution in [2.24, 2.45) is 0 Å². The van der Waals surface area contributed by atoms with Crippen LogP contribution in [0.15, 0.2) is 12.3 Å². The van der Waals surface area contributed by atoms with E-state index in [2.05, 4.69) is 10.3 Å². The average molecular weight is 224 g/mol. The number of rotatable bonds is 1. The Hall–Kier alpha value is -1.38. The van der Waals surface area contributed by atoms with Crippen LogP contribution in [0.25, 0.3) is 0 Å².